The zero-order valence-electron chi connectivity index (χ0n) is 7.30. The summed E-state index contributed by atoms with van der Waals surface area (Å²) in [6.45, 7) is 0. The fourth-order valence-electron chi connectivity index (χ4n) is 1.53. The Kier molecular flexibility index (Phi) is 2.88. The van der Waals surface area contributed by atoms with E-state index in [9.17, 15) is 0 Å². The summed E-state index contributed by atoms with van der Waals surface area (Å²) in [5.74, 6) is 1.57. The maximum Gasteiger partial charge on any atom is 0.0936 e. The first-order chi connectivity index (χ1) is 5.26. The monoisotopic (exact) mass is 155 g/mol. The van der Waals surface area contributed by atoms with E-state index in [1.807, 2.05) is 7.05 Å². The van der Waals surface area contributed by atoms with E-state index in [-0.39, 0.29) is 0 Å². The van der Waals surface area contributed by atoms with Gasteiger partial charge >= 0.3 is 0 Å². The van der Waals surface area contributed by atoms with E-state index in [0.29, 0.717) is 0 Å². The van der Waals surface area contributed by atoms with Gasteiger partial charge in [0.2, 0.25) is 0 Å². The Morgan fingerprint density at radius 3 is 2.73 bits per heavy atom. The molecule has 0 radical (unpaired) electrons. The van der Waals surface area contributed by atoms with Crippen LogP contribution in [0.1, 0.15) is 19.3 Å². The second kappa shape index (κ2) is 3.72. The second-order valence-corrected chi connectivity index (χ2v) is 3.24. The smallest absolute Gasteiger partial charge is 0.0936 e. The number of amidine groups is 1. The molecule has 0 aromatic heterocycles. The summed E-state index contributed by atoms with van der Waals surface area (Å²) in [4.78, 5) is 3.94. The molecule has 1 aliphatic rings. The van der Waals surface area contributed by atoms with Gasteiger partial charge in [-0.15, -0.1) is 0 Å². The zero-order valence-corrected chi connectivity index (χ0v) is 7.30. The average Bonchev–Trinajstić information content (AvgIpc) is 1.95. The van der Waals surface area contributed by atoms with Crippen LogP contribution in [0.3, 0.4) is 0 Å². The van der Waals surface area contributed by atoms with Crippen molar-refractivity contribution in [3.8, 4) is 0 Å². The fourth-order valence-corrected chi connectivity index (χ4v) is 1.53. The molecule has 1 saturated carbocycles. The predicted molar refractivity (Wildman–Crippen MR) is 47.7 cm³/mol. The second-order valence-electron chi connectivity index (χ2n) is 3.24. The van der Waals surface area contributed by atoms with Crippen LogP contribution >= 0.6 is 0 Å². The molecule has 0 spiro atoms. The van der Waals surface area contributed by atoms with Crippen molar-refractivity contribution in [1.29, 1.82) is 0 Å². The van der Waals surface area contributed by atoms with Gasteiger partial charge in [-0.1, -0.05) is 0 Å². The van der Waals surface area contributed by atoms with Crippen molar-refractivity contribution < 1.29 is 0 Å². The van der Waals surface area contributed by atoms with Crippen molar-refractivity contribution in [3.63, 3.8) is 0 Å². The van der Waals surface area contributed by atoms with Crippen LogP contribution in [0, 0.1) is 5.92 Å². The number of aliphatic imine (C=N–C) groups is 1. The van der Waals surface area contributed by atoms with Crippen LogP contribution in [-0.4, -0.2) is 26.0 Å². The van der Waals surface area contributed by atoms with Gasteiger partial charge < -0.3 is 11.1 Å². The largest absolute Gasteiger partial charge is 0.387 e. The summed E-state index contributed by atoms with van der Waals surface area (Å²) in [5.41, 5.74) is 5.60. The summed E-state index contributed by atoms with van der Waals surface area (Å²) in [7, 11) is 3.77. The van der Waals surface area contributed by atoms with Gasteiger partial charge in [0.05, 0.1) is 5.84 Å². The van der Waals surface area contributed by atoms with Crippen molar-refractivity contribution in [2.75, 3.05) is 14.1 Å². The van der Waals surface area contributed by atoms with Crippen molar-refractivity contribution in [2.45, 2.75) is 25.3 Å². The molecule has 3 N–H and O–H groups in total. The summed E-state index contributed by atoms with van der Waals surface area (Å²) < 4.78 is 0. The van der Waals surface area contributed by atoms with Gasteiger partial charge in [-0.3, -0.25) is 4.99 Å². The molecule has 0 aromatic carbocycles. The molecular formula is C8H17N3. The lowest BCUT2D eigenvalue weighted by atomic mass is 9.78. The molecule has 0 aromatic rings. The minimum atomic E-state index is 0.727. The Morgan fingerprint density at radius 1 is 1.64 bits per heavy atom. The summed E-state index contributed by atoms with van der Waals surface area (Å²) in [6, 6.07) is 0.727. The van der Waals surface area contributed by atoms with Crippen LogP contribution in [0.5, 0.6) is 0 Å². The minimum Gasteiger partial charge on any atom is -0.387 e. The predicted octanol–water partition coefficient (Wildman–Crippen LogP) is 0.361. The van der Waals surface area contributed by atoms with Crippen LogP contribution in [-0.2, 0) is 0 Å². The summed E-state index contributed by atoms with van der Waals surface area (Å²) >= 11 is 0. The van der Waals surface area contributed by atoms with Gasteiger partial charge in [0.1, 0.15) is 0 Å². The van der Waals surface area contributed by atoms with Crippen LogP contribution < -0.4 is 11.1 Å². The topological polar surface area (TPSA) is 50.4 Å². The van der Waals surface area contributed by atoms with Gasteiger partial charge in [-0.05, 0) is 25.8 Å². The van der Waals surface area contributed by atoms with Gasteiger partial charge in [-0.2, -0.15) is 0 Å². The maximum absolute atomic E-state index is 5.60. The van der Waals surface area contributed by atoms with Crippen LogP contribution in [0.4, 0.5) is 0 Å². The molecule has 1 rings (SSSR count). The van der Waals surface area contributed by atoms with E-state index in [1.54, 1.807) is 7.05 Å². The average molecular weight is 155 g/mol. The molecule has 64 valence electrons. The number of nitrogens with zero attached hydrogens (tertiary/aromatic N) is 1. The molecule has 0 atom stereocenters. The lowest BCUT2D eigenvalue weighted by Gasteiger charge is -2.34. The van der Waals surface area contributed by atoms with Crippen molar-refractivity contribution in [3.05, 3.63) is 0 Å². The molecule has 1 aliphatic carbocycles. The van der Waals surface area contributed by atoms with Gasteiger partial charge in [0.25, 0.3) is 0 Å². The van der Waals surface area contributed by atoms with E-state index >= 15 is 0 Å². The van der Waals surface area contributed by atoms with Crippen LogP contribution in [0.25, 0.3) is 0 Å². The number of rotatable bonds is 3. The van der Waals surface area contributed by atoms with E-state index < -0.39 is 0 Å². The lowest BCUT2D eigenvalue weighted by molar-refractivity contribution is 0.240. The third kappa shape index (κ3) is 2.19. The molecule has 1 fully saturated rings. The number of hydrogen-bond donors (Lipinski definition) is 2. The van der Waals surface area contributed by atoms with E-state index in [1.165, 1.54) is 12.8 Å². The first-order valence-corrected chi connectivity index (χ1v) is 4.14. The highest BCUT2D eigenvalue weighted by Crippen LogP contribution is 2.29. The van der Waals surface area contributed by atoms with E-state index in [2.05, 4.69) is 10.3 Å². The zero-order chi connectivity index (χ0) is 8.27. The Balaban J connectivity index is 2.13. The van der Waals surface area contributed by atoms with Gasteiger partial charge in [0, 0.05) is 19.5 Å². The Morgan fingerprint density at radius 2 is 2.27 bits per heavy atom. The highest BCUT2D eigenvalue weighted by molar-refractivity contribution is 5.80. The quantitative estimate of drug-likeness (QED) is 0.457. The Hall–Kier alpha value is -0.570. The highest BCUT2D eigenvalue weighted by Gasteiger charge is 2.27. The maximum atomic E-state index is 5.60. The van der Waals surface area contributed by atoms with Crippen molar-refractivity contribution in [2.24, 2.45) is 16.6 Å². The summed E-state index contributed by atoms with van der Waals surface area (Å²) in [5, 5.41) is 3.24. The Labute approximate surface area is 68.1 Å². The molecule has 0 aliphatic heterocycles. The molecule has 0 unspecified atom stereocenters. The fraction of sp³-hybridized carbons (Fsp3) is 0.875. The molecular weight excluding hydrogens is 138 g/mol. The third-order valence-corrected chi connectivity index (χ3v) is 2.43. The third-order valence-electron chi connectivity index (χ3n) is 2.43. The molecule has 0 bridgehead atoms. The van der Waals surface area contributed by atoms with Crippen LogP contribution in [0.15, 0.2) is 4.99 Å². The summed E-state index contributed by atoms with van der Waals surface area (Å²) in [6.07, 6.45) is 3.49. The SMILES string of the molecule is CN=C(N)CC1CC(NC)C1. The van der Waals surface area contributed by atoms with Crippen molar-refractivity contribution in [1.82, 2.24) is 5.32 Å². The first-order valence-electron chi connectivity index (χ1n) is 4.14. The van der Waals surface area contributed by atoms with Crippen LogP contribution in [0.2, 0.25) is 0 Å². The standard InChI is InChI=1S/C8H17N3/c1-10-7-3-6(4-7)5-8(9)11-2/h6-7,10H,3-5H2,1-2H3,(H2,9,11). The number of hydrogen-bond acceptors (Lipinski definition) is 2. The molecule has 3 heteroatoms. The molecule has 0 amide bonds. The molecule has 0 saturated heterocycles. The van der Waals surface area contributed by atoms with Crippen molar-refractivity contribution >= 4 is 5.84 Å². The lowest BCUT2D eigenvalue weighted by Crippen LogP contribution is -2.40. The highest BCUT2D eigenvalue weighted by atomic mass is 14.9. The van der Waals surface area contributed by atoms with E-state index in [4.69, 9.17) is 5.73 Å². The van der Waals surface area contributed by atoms with E-state index in [0.717, 1.165) is 24.2 Å². The van der Waals surface area contributed by atoms with Gasteiger partial charge in [0.15, 0.2) is 0 Å². The normalized spacial score (nSPS) is 31.6. The van der Waals surface area contributed by atoms with Gasteiger partial charge in [-0.25, -0.2) is 0 Å². The molecule has 11 heavy (non-hydrogen) atoms. The molecule has 0 heterocycles. The minimum absolute atomic E-state index is 0.727. The first kappa shape index (κ1) is 8.53. The number of nitrogens with two attached hydrogens (primary N) is 1. The molecule has 3 nitrogen and oxygen atoms in total. The number of nitrogens with one attached hydrogen (secondary N) is 1. The Bertz CT molecular complexity index is 147.